The van der Waals surface area contributed by atoms with Crippen LogP contribution in [0.5, 0.6) is 5.75 Å². The van der Waals surface area contributed by atoms with Gasteiger partial charge in [0.25, 0.3) is 0 Å². The molecule has 128 valence electrons. The van der Waals surface area contributed by atoms with Crippen LogP contribution in [0.15, 0.2) is 24.3 Å². The molecular weight excluding hydrogens is 302 g/mol. The van der Waals surface area contributed by atoms with Gasteiger partial charge in [-0.15, -0.1) is 0 Å². The van der Waals surface area contributed by atoms with Crippen LogP contribution in [0.2, 0.25) is 0 Å². The number of benzene rings is 1. The Balaban J connectivity index is 1.77. The van der Waals surface area contributed by atoms with Crippen LogP contribution in [-0.2, 0) is 24.2 Å². The Bertz CT molecular complexity index is 703. The van der Waals surface area contributed by atoms with Crippen LogP contribution in [0, 0.1) is 6.92 Å². The molecule has 1 aliphatic carbocycles. The van der Waals surface area contributed by atoms with Gasteiger partial charge in [-0.3, -0.25) is 0 Å². The first-order valence-electron chi connectivity index (χ1n) is 8.43. The van der Waals surface area contributed by atoms with Crippen LogP contribution in [-0.4, -0.2) is 30.2 Å². The van der Waals surface area contributed by atoms with Crippen molar-refractivity contribution in [3.8, 4) is 5.75 Å². The SMILES string of the molecule is COCc1cc(NC2CCCc3ccc(OC)cc3C2)nc(C)n1. The minimum Gasteiger partial charge on any atom is -0.497 e. The molecule has 0 radical (unpaired) electrons. The van der Waals surface area contributed by atoms with E-state index in [9.17, 15) is 0 Å². The summed E-state index contributed by atoms with van der Waals surface area (Å²) in [5.74, 6) is 2.57. The highest BCUT2D eigenvalue weighted by atomic mass is 16.5. The summed E-state index contributed by atoms with van der Waals surface area (Å²) in [6.45, 7) is 2.42. The monoisotopic (exact) mass is 327 g/mol. The molecule has 0 bridgehead atoms. The fourth-order valence-corrected chi connectivity index (χ4v) is 3.33. The normalized spacial score (nSPS) is 17.0. The largest absolute Gasteiger partial charge is 0.497 e. The first-order chi connectivity index (χ1) is 11.7. The van der Waals surface area contributed by atoms with E-state index in [4.69, 9.17) is 9.47 Å². The number of fused-ring (bicyclic) bond motifs is 1. The number of aryl methyl sites for hydroxylation is 2. The number of methoxy groups -OCH3 is 2. The number of hydrogen-bond acceptors (Lipinski definition) is 5. The Morgan fingerprint density at radius 3 is 2.83 bits per heavy atom. The molecular formula is C19H25N3O2. The lowest BCUT2D eigenvalue weighted by Gasteiger charge is -2.18. The molecule has 0 amide bonds. The van der Waals surface area contributed by atoms with Gasteiger partial charge in [0.2, 0.25) is 0 Å². The molecule has 0 saturated heterocycles. The second-order valence-electron chi connectivity index (χ2n) is 6.30. The Kier molecular flexibility index (Phi) is 5.30. The average Bonchev–Trinajstić information content (AvgIpc) is 2.75. The quantitative estimate of drug-likeness (QED) is 0.854. The minimum atomic E-state index is 0.364. The van der Waals surface area contributed by atoms with Gasteiger partial charge in [-0.1, -0.05) is 6.07 Å². The number of ether oxygens (including phenoxy) is 2. The molecule has 1 heterocycles. The Hall–Kier alpha value is -2.14. The molecule has 1 N–H and O–H groups in total. The topological polar surface area (TPSA) is 56.3 Å². The van der Waals surface area contributed by atoms with E-state index in [0.29, 0.717) is 12.6 Å². The fraction of sp³-hybridized carbons (Fsp3) is 0.474. The van der Waals surface area contributed by atoms with E-state index in [1.807, 2.05) is 13.0 Å². The predicted octanol–water partition coefficient (Wildman–Crippen LogP) is 3.30. The first kappa shape index (κ1) is 16.7. The van der Waals surface area contributed by atoms with Crippen molar-refractivity contribution in [3.63, 3.8) is 0 Å². The Morgan fingerprint density at radius 2 is 2.04 bits per heavy atom. The van der Waals surface area contributed by atoms with Gasteiger partial charge in [0, 0.05) is 19.2 Å². The summed E-state index contributed by atoms with van der Waals surface area (Å²) in [7, 11) is 3.40. The highest BCUT2D eigenvalue weighted by molar-refractivity contribution is 5.41. The van der Waals surface area contributed by atoms with Crippen LogP contribution in [0.4, 0.5) is 5.82 Å². The smallest absolute Gasteiger partial charge is 0.130 e. The van der Waals surface area contributed by atoms with Crippen molar-refractivity contribution in [3.05, 3.63) is 46.9 Å². The zero-order chi connectivity index (χ0) is 16.9. The summed E-state index contributed by atoms with van der Waals surface area (Å²) >= 11 is 0. The van der Waals surface area contributed by atoms with Crippen LogP contribution in [0.3, 0.4) is 0 Å². The Labute approximate surface area is 143 Å². The number of anilines is 1. The maximum Gasteiger partial charge on any atom is 0.130 e. The minimum absolute atomic E-state index is 0.364. The standard InChI is InChI=1S/C19H25N3O2/c1-13-20-17(12-23-2)11-19(21-13)22-16-6-4-5-14-7-8-18(24-3)10-15(14)9-16/h7-8,10-11,16H,4-6,9,12H2,1-3H3,(H,20,21,22). The van der Waals surface area contributed by atoms with Crippen molar-refractivity contribution in [1.29, 1.82) is 0 Å². The van der Waals surface area contributed by atoms with Gasteiger partial charge in [-0.2, -0.15) is 0 Å². The number of rotatable bonds is 5. The number of hydrogen-bond donors (Lipinski definition) is 1. The average molecular weight is 327 g/mol. The summed E-state index contributed by atoms with van der Waals surface area (Å²) in [4.78, 5) is 8.93. The molecule has 3 rings (SSSR count). The second kappa shape index (κ2) is 7.62. The zero-order valence-electron chi connectivity index (χ0n) is 14.6. The third-order valence-electron chi connectivity index (χ3n) is 4.41. The van der Waals surface area contributed by atoms with Gasteiger partial charge in [0.1, 0.15) is 17.4 Å². The first-order valence-corrected chi connectivity index (χ1v) is 8.43. The van der Waals surface area contributed by atoms with E-state index < -0.39 is 0 Å². The third kappa shape index (κ3) is 4.03. The number of aromatic nitrogens is 2. The van der Waals surface area contributed by atoms with Gasteiger partial charge >= 0.3 is 0 Å². The molecule has 1 aliphatic rings. The molecule has 2 aromatic rings. The van der Waals surface area contributed by atoms with E-state index in [0.717, 1.165) is 42.3 Å². The van der Waals surface area contributed by atoms with Crippen molar-refractivity contribution in [2.24, 2.45) is 0 Å². The van der Waals surface area contributed by atoms with Crippen LogP contribution >= 0.6 is 0 Å². The van der Waals surface area contributed by atoms with Crippen LogP contribution < -0.4 is 10.1 Å². The fourth-order valence-electron chi connectivity index (χ4n) is 3.33. The van der Waals surface area contributed by atoms with Crippen molar-refractivity contribution in [2.75, 3.05) is 19.5 Å². The highest BCUT2D eigenvalue weighted by Gasteiger charge is 2.18. The lowest BCUT2D eigenvalue weighted by molar-refractivity contribution is 0.181. The summed E-state index contributed by atoms with van der Waals surface area (Å²) in [6.07, 6.45) is 4.40. The molecule has 1 unspecified atom stereocenters. The summed E-state index contributed by atoms with van der Waals surface area (Å²) in [5.41, 5.74) is 3.70. The van der Waals surface area contributed by atoms with Crippen molar-refractivity contribution in [1.82, 2.24) is 9.97 Å². The summed E-state index contributed by atoms with van der Waals surface area (Å²) in [6, 6.07) is 8.76. The molecule has 0 spiro atoms. The summed E-state index contributed by atoms with van der Waals surface area (Å²) < 4.78 is 10.6. The molecule has 1 atom stereocenters. The number of nitrogens with zero attached hydrogens (tertiary/aromatic N) is 2. The van der Waals surface area contributed by atoms with Gasteiger partial charge in [-0.25, -0.2) is 9.97 Å². The number of nitrogens with one attached hydrogen (secondary N) is 1. The van der Waals surface area contributed by atoms with Gasteiger partial charge < -0.3 is 14.8 Å². The van der Waals surface area contributed by atoms with Gasteiger partial charge in [0.15, 0.2) is 0 Å². The van der Waals surface area contributed by atoms with E-state index >= 15 is 0 Å². The van der Waals surface area contributed by atoms with Crippen LogP contribution in [0.1, 0.15) is 35.5 Å². The van der Waals surface area contributed by atoms with Crippen molar-refractivity contribution in [2.45, 2.75) is 45.3 Å². The molecule has 1 aromatic carbocycles. The predicted molar refractivity (Wildman–Crippen MR) is 94.5 cm³/mol. The molecule has 0 fully saturated rings. The Morgan fingerprint density at radius 1 is 1.17 bits per heavy atom. The zero-order valence-corrected chi connectivity index (χ0v) is 14.6. The third-order valence-corrected chi connectivity index (χ3v) is 4.41. The highest BCUT2D eigenvalue weighted by Crippen LogP contribution is 2.26. The molecule has 5 heteroatoms. The van der Waals surface area contributed by atoms with Gasteiger partial charge in [-0.05, 0) is 55.9 Å². The maximum atomic E-state index is 5.38. The van der Waals surface area contributed by atoms with Crippen molar-refractivity contribution >= 4 is 5.82 Å². The van der Waals surface area contributed by atoms with Gasteiger partial charge in [0.05, 0.1) is 19.4 Å². The maximum absolute atomic E-state index is 5.38. The molecule has 1 aromatic heterocycles. The van der Waals surface area contributed by atoms with E-state index in [2.05, 4.69) is 33.5 Å². The molecule has 5 nitrogen and oxygen atoms in total. The second-order valence-corrected chi connectivity index (χ2v) is 6.30. The van der Waals surface area contributed by atoms with Crippen LogP contribution in [0.25, 0.3) is 0 Å². The lowest BCUT2D eigenvalue weighted by Crippen LogP contribution is -2.22. The molecule has 0 aliphatic heterocycles. The lowest BCUT2D eigenvalue weighted by atomic mass is 10.0. The van der Waals surface area contributed by atoms with E-state index in [-0.39, 0.29) is 0 Å². The van der Waals surface area contributed by atoms with E-state index in [1.54, 1.807) is 14.2 Å². The molecule has 24 heavy (non-hydrogen) atoms. The summed E-state index contributed by atoms with van der Waals surface area (Å²) in [5, 5.41) is 3.59. The van der Waals surface area contributed by atoms with Crippen molar-refractivity contribution < 1.29 is 9.47 Å². The molecule has 0 saturated carbocycles. The van der Waals surface area contributed by atoms with E-state index in [1.165, 1.54) is 17.5 Å².